The van der Waals surface area contributed by atoms with E-state index in [4.69, 9.17) is 0 Å². The molecule has 0 bridgehead atoms. The average Bonchev–Trinajstić information content (AvgIpc) is 2.38. The van der Waals surface area contributed by atoms with Crippen LogP contribution in [0.15, 0.2) is 36.4 Å². The molecule has 0 aliphatic heterocycles. The smallest absolute Gasteiger partial charge is 0.0773 e. The van der Waals surface area contributed by atoms with Crippen LogP contribution in [0.2, 0.25) is 0 Å². The maximum Gasteiger partial charge on any atom is 0.0773 e. The lowest BCUT2D eigenvalue weighted by Gasteiger charge is -2.37. The van der Waals surface area contributed by atoms with Crippen molar-refractivity contribution in [2.45, 2.75) is 31.9 Å². The van der Waals surface area contributed by atoms with Crippen LogP contribution < -0.4 is 0 Å². The van der Waals surface area contributed by atoms with E-state index < -0.39 is 6.10 Å². The summed E-state index contributed by atoms with van der Waals surface area (Å²) >= 11 is 0. The van der Waals surface area contributed by atoms with Crippen LogP contribution in [0.4, 0.5) is 0 Å². The fourth-order valence-electron chi connectivity index (χ4n) is 1.97. The number of aliphatic hydroxyl groups is 1. The molecule has 1 unspecified atom stereocenters. The number of rotatable bonds is 4. The van der Waals surface area contributed by atoms with Gasteiger partial charge in [-0.25, -0.2) is 0 Å². The lowest BCUT2D eigenvalue weighted by molar-refractivity contribution is 0.0177. The van der Waals surface area contributed by atoms with E-state index in [1.807, 2.05) is 63.2 Å². The Morgan fingerprint density at radius 3 is 2.53 bits per heavy atom. The van der Waals surface area contributed by atoms with Gasteiger partial charge < -0.3 is 10.0 Å². The number of nitrogens with zero attached hydrogens (tertiary/aromatic N) is 2. The Bertz CT molecular complexity index is 563. The summed E-state index contributed by atoms with van der Waals surface area (Å²) in [6.07, 6.45) is 0.117. The van der Waals surface area contributed by atoms with Crippen molar-refractivity contribution in [1.82, 2.24) is 9.88 Å². The lowest BCUT2D eigenvalue weighted by Crippen LogP contribution is -2.49. The van der Waals surface area contributed by atoms with Gasteiger partial charge in [0.1, 0.15) is 0 Å². The number of hydrogen-bond donors (Lipinski definition) is 1. The predicted octanol–water partition coefficient (Wildman–Crippen LogP) is 2.48. The van der Waals surface area contributed by atoms with Crippen LogP contribution in [-0.4, -0.2) is 40.7 Å². The summed E-state index contributed by atoms with van der Waals surface area (Å²) in [5.41, 5.74) is 1.64. The van der Waals surface area contributed by atoms with Gasteiger partial charge >= 0.3 is 0 Å². The van der Waals surface area contributed by atoms with Crippen LogP contribution in [0.3, 0.4) is 0 Å². The molecule has 0 aliphatic carbocycles. The zero-order valence-corrected chi connectivity index (χ0v) is 12.1. The Morgan fingerprint density at radius 2 is 1.84 bits per heavy atom. The number of para-hydroxylation sites is 1. The quantitative estimate of drug-likeness (QED) is 0.915. The minimum Gasteiger partial charge on any atom is -0.391 e. The van der Waals surface area contributed by atoms with Crippen molar-refractivity contribution in [3.8, 4) is 0 Å². The molecule has 0 spiro atoms. The number of aromatic nitrogens is 1. The van der Waals surface area contributed by atoms with Gasteiger partial charge in [-0.3, -0.25) is 4.98 Å². The molecule has 0 radical (unpaired) electrons. The van der Waals surface area contributed by atoms with Gasteiger partial charge in [-0.1, -0.05) is 24.3 Å². The summed E-state index contributed by atoms with van der Waals surface area (Å²) < 4.78 is 0. The SMILES string of the molecule is CN(C)C(C)(C)C(O)Cc1ccc2ccccc2n1. The van der Waals surface area contributed by atoms with Crippen molar-refractivity contribution in [2.24, 2.45) is 0 Å². The standard InChI is InChI=1S/C16H22N2O/c1-16(2,18(3)4)15(19)11-13-10-9-12-7-5-6-8-14(12)17-13/h5-10,15,19H,11H2,1-4H3. The summed E-state index contributed by atoms with van der Waals surface area (Å²) in [6, 6.07) is 12.1. The van der Waals surface area contributed by atoms with E-state index in [-0.39, 0.29) is 5.54 Å². The van der Waals surface area contributed by atoms with Gasteiger partial charge in [0.2, 0.25) is 0 Å². The number of aliphatic hydroxyl groups excluding tert-OH is 1. The Kier molecular flexibility index (Phi) is 3.88. The maximum absolute atomic E-state index is 10.4. The third-order valence-corrected chi connectivity index (χ3v) is 4.03. The summed E-state index contributed by atoms with van der Waals surface area (Å²) in [4.78, 5) is 6.65. The minimum absolute atomic E-state index is 0.271. The zero-order chi connectivity index (χ0) is 14.0. The van der Waals surface area contributed by atoms with Gasteiger partial charge in [-0.15, -0.1) is 0 Å². The van der Waals surface area contributed by atoms with Gasteiger partial charge in [-0.05, 0) is 40.1 Å². The van der Waals surface area contributed by atoms with Crippen molar-refractivity contribution in [3.63, 3.8) is 0 Å². The molecule has 0 saturated heterocycles. The first kappa shape index (κ1) is 14.0. The number of benzene rings is 1. The molecule has 1 N–H and O–H groups in total. The molecular formula is C16H22N2O. The van der Waals surface area contributed by atoms with Crippen molar-refractivity contribution < 1.29 is 5.11 Å². The molecule has 0 fully saturated rings. The van der Waals surface area contributed by atoms with E-state index in [0.29, 0.717) is 6.42 Å². The molecule has 2 rings (SSSR count). The van der Waals surface area contributed by atoms with Gasteiger partial charge in [0, 0.05) is 23.0 Å². The van der Waals surface area contributed by atoms with Crippen molar-refractivity contribution in [2.75, 3.05) is 14.1 Å². The number of pyridine rings is 1. The van der Waals surface area contributed by atoms with Crippen LogP contribution >= 0.6 is 0 Å². The molecule has 0 saturated carbocycles. The molecular weight excluding hydrogens is 236 g/mol. The molecule has 0 aliphatic rings. The van der Waals surface area contributed by atoms with E-state index in [2.05, 4.69) is 11.1 Å². The van der Waals surface area contributed by atoms with Gasteiger partial charge in [0.05, 0.1) is 11.6 Å². The normalized spacial score (nSPS) is 14.0. The van der Waals surface area contributed by atoms with Crippen molar-refractivity contribution in [1.29, 1.82) is 0 Å². The van der Waals surface area contributed by atoms with E-state index in [1.54, 1.807) is 0 Å². The molecule has 1 aromatic heterocycles. The lowest BCUT2D eigenvalue weighted by atomic mass is 9.92. The number of likely N-dealkylation sites (N-methyl/N-ethyl adjacent to an activating group) is 1. The molecule has 0 amide bonds. The Morgan fingerprint density at radius 1 is 1.16 bits per heavy atom. The molecule has 3 heteroatoms. The predicted molar refractivity (Wildman–Crippen MR) is 79.2 cm³/mol. The summed E-state index contributed by atoms with van der Waals surface area (Å²) in [5, 5.41) is 11.5. The van der Waals surface area contributed by atoms with Crippen LogP contribution in [0.25, 0.3) is 10.9 Å². The summed E-state index contributed by atoms with van der Waals surface area (Å²) in [5.74, 6) is 0. The molecule has 19 heavy (non-hydrogen) atoms. The second-order valence-corrected chi connectivity index (χ2v) is 5.76. The Hall–Kier alpha value is -1.45. The van der Waals surface area contributed by atoms with Crippen LogP contribution in [-0.2, 0) is 6.42 Å². The molecule has 102 valence electrons. The summed E-state index contributed by atoms with van der Waals surface area (Å²) in [7, 11) is 3.97. The number of hydrogen-bond acceptors (Lipinski definition) is 3. The second kappa shape index (κ2) is 5.27. The third-order valence-electron chi connectivity index (χ3n) is 4.03. The Labute approximate surface area is 114 Å². The van der Waals surface area contributed by atoms with Crippen molar-refractivity contribution >= 4 is 10.9 Å². The third kappa shape index (κ3) is 2.94. The highest BCUT2D eigenvalue weighted by Crippen LogP contribution is 2.20. The van der Waals surface area contributed by atoms with E-state index in [0.717, 1.165) is 16.6 Å². The highest BCUT2D eigenvalue weighted by Gasteiger charge is 2.30. The zero-order valence-electron chi connectivity index (χ0n) is 12.1. The topological polar surface area (TPSA) is 36.4 Å². The first-order valence-electron chi connectivity index (χ1n) is 6.61. The fourth-order valence-corrected chi connectivity index (χ4v) is 1.97. The molecule has 1 aromatic carbocycles. The highest BCUT2D eigenvalue weighted by atomic mass is 16.3. The van der Waals surface area contributed by atoms with E-state index >= 15 is 0 Å². The van der Waals surface area contributed by atoms with Gasteiger partial charge in [0.15, 0.2) is 0 Å². The molecule has 1 atom stereocenters. The first-order valence-corrected chi connectivity index (χ1v) is 6.61. The van der Waals surface area contributed by atoms with E-state index in [9.17, 15) is 5.11 Å². The molecule has 1 heterocycles. The molecule has 2 aromatic rings. The maximum atomic E-state index is 10.4. The monoisotopic (exact) mass is 258 g/mol. The highest BCUT2D eigenvalue weighted by molar-refractivity contribution is 5.78. The van der Waals surface area contributed by atoms with Crippen LogP contribution in [0.1, 0.15) is 19.5 Å². The van der Waals surface area contributed by atoms with Crippen LogP contribution in [0.5, 0.6) is 0 Å². The largest absolute Gasteiger partial charge is 0.391 e. The Balaban J connectivity index is 2.22. The van der Waals surface area contributed by atoms with Crippen LogP contribution in [0, 0.1) is 0 Å². The second-order valence-electron chi connectivity index (χ2n) is 5.76. The van der Waals surface area contributed by atoms with E-state index in [1.165, 1.54) is 0 Å². The fraction of sp³-hybridized carbons (Fsp3) is 0.438. The molecule has 3 nitrogen and oxygen atoms in total. The average molecular weight is 258 g/mol. The van der Waals surface area contributed by atoms with Crippen molar-refractivity contribution in [3.05, 3.63) is 42.1 Å². The van der Waals surface area contributed by atoms with Gasteiger partial charge in [0.25, 0.3) is 0 Å². The summed E-state index contributed by atoms with van der Waals surface area (Å²) in [6.45, 7) is 4.08. The number of fused-ring (bicyclic) bond motifs is 1. The van der Waals surface area contributed by atoms with Gasteiger partial charge in [-0.2, -0.15) is 0 Å². The first-order chi connectivity index (χ1) is 8.91. The minimum atomic E-state index is -0.448.